The van der Waals surface area contributed by atoms with E-state index in [1.54, 1.807) is 18.5 Å². The Morgan fingerprint density at radius 3 is 2.50 bits per heavy atom. The maximum atomic E-state index is 12.6. The molecule has 0 spiro atoms. The van der Waals surface area contributed by atoms with Crippen LogP contribution in [0, 0.1) is 30.9 Å². The molecule has 0 saturated carbocycles. The van der Waals surface area contributed by atoms with E-state index in [1.807, 2.05) is 4.90 Å². The van der Waals surface area contributed by atoms with E-state index in [4.69, 9.17) is 0 Å². The second-order valence-electron chi connectivity index (χ2n) is 7.40. The number of benzene rings is 1. The minimum absolute atomic E-state index is 0.0391. The van der Waals surface area contributed by atoms with Gasteiger partial charge in [-0.25, -0.2) is 0 Å². The van der Waals surface area contributed by atoms with Crippen molar-refractivity contribution in [3.05, 3.63) is 56.9 Å². The third-order valence-corrected chi connectivity index (χ3v) is 5.28. The number of hydrogen-bond acceptors (Lipinski definition) is 5. The fourth-order valence-corrected chi connectivity index (χ4v) is 3.75. The van der Waals surface area contributed by atoms with E-state index in [0.29, 0.717) is 37.4 Å². The highest BCUT2D eigenvalue weighted by atomic mass is 16.6. The SMILES string of the molecule is Cc1cccc(CN2CCN(C(=O)CCn3nc(C)c([N+](=O)[O-])c3C)CC2)c1. The van der Waals surface area contributed by atoms with E-state index in [0.717, 1.165) is 19.6 Å². The molecule has 8 nitrogen and oxygen atoms in total. The molecule has 2 heterocycles. The van der Waals surface area contributed by atoms with E-state index in [2.05, 4.69) is 41.2 Å². The predicted octanol–water partition coefficient (Wildman–Crippen LogP) is 2.45. The standard InChI is InChI=1S/C20H27N5O3/c1-15-5-4-6-18(13-15)14-22-9-11-23(12-10-22)19(26)7-8-24-17(3)20(25(27)28)16(2)21-24/h4-6,13H,7-12,14H2,1-3H3. The van der Waals surface area contributed by atoms with Crippen molar-refractivity contribution in [2.75, 3.05) is 26.2 Å². The third kappa shape index (κ3) is 4.56. The van der Waals surface area contributed by atoms with Gasteiger partial charge in [-0.3, -0.25) is 24.5 Å². The first-order valence-corrected chi connectivity index (χ1v) is 9.59. The van der Waals surface area contributed by atoms with Gasteiger partial charge in [0.05, 0.1) is 11.5 Å². The van der Waals surface area contributed by atoms with E-state index in [1.165, 1.54) is 11.1 Å². The number of rotatable bonds is 6. The molecule has 0 bridgehead atoms. The van der Waals surface area contributed by atoms with Crippen LogP contribution in [0.5, 0.6) is 0 Å². The van der Waals surface area contributed by atoms with Crippen LogP contribution >= 0.6 is 0 Å². The molecule has 0 N–H and O–H groups in total. The lowest BCUT2D eigenvalue weighted by Crippen LogP contribution is -2.48. The second-order valence-corrected chi connectivity index (χ2v) is 7.40. The van der Waals surface area contributed by atoms with Gasteiger partial charge < -0.3 is 4.90 Å². The van der Waals surface area contributed by atoms with Gasteiger partial charge in [0.2, 0.25) is 5.91 Å². The summed E-state index contributed by atoms with van der Waals surface area (Å²) in [5.74, 6) is 0.0745. The van der Waals surface area contributed by atoms with Crippen LogP contribution in [0.15, 0.2) is 24.3 Å². The van der Waals surface area contributed by atoms with E-state index < -0.39 is 4.92 Å². The average Bonchev–Trinajstić information content (AvgIpc) is 2.94. The number of piperazine rings is 1. The highest BCUT2D eigenvalue weighted by Gasteiger charge is 2.24. The highest BCUT2D eigenvalue weighted by molar-refractivity contribution is 5.76. The van der Waals surface area contributed by atoms with Crippen molar-refractivity contribution in [1.29, 1.82) is 0 Å². The number of carbonyl (C=O) groups excluding carboxylic acids is 1. The van der Waals surface area contributed by atoms with Crippen molar-refractivity contribution in [3.8, 4) is 0 Å². The normalized spacial score (nSPS) is 15.0. The smallest absolute Gasteiger partial charge is 0.312 e. The molecule has 1 aliphatic heterocycles. The topological polar surface area (TPSA) is 84.5 Å². The maximum absolute atomic E-state index is 12.6. The van der Waals surface area contributed by atoms with E-state index in [-0.39, 0.29) is 11.6 Å². The van der Waals surface area contributed by atoms with Crippen LogP contribution in [0.2, 0.25) is 0 Å². The fourth-order valence-electron chi connectivity index (χ4n) is 3.75. The van der Waals surface area contributed by atoms with Crippen molar-refractivity contribution in [3.63, 3.8) is 0 Å². The Balaban J connectivity index is 1.49. The van der Waals surface area contributed by atoms with Gasteiger partial charge in [-0.2, -0.15) is 5.10 Å². The van der Waals surface area contributed by atoms with Gasteiger partial charge in [0, 0.05) is 39.1 Å². The van der Waals surface area contributed by atoms with Crippen LogP contribution < -0.4 is 0 Å². The van der Waals surface area contributed by atoms with Gasteiger partial charge in [0.15, 0.2) is 0 Å². The van der Waals surface area contributed by atoms with Crippen LogP contribution in [0.1, 0.15) is 28.9 Å². The van der Waals surface area contributed by atoms with Crippen LogP contribution in [0.25, 0.3) is 0 Å². The molecule has 1 saturated heterocycles. The monoisotopic (exact) mass is 385 g/mol. The lowest BCUT2D eigenvalue weighted by molar-refractivity contribution is -0.386. The number of aryl methyl sites for hydroxylation is 3. The molecule has 1 aromatic heterocycles. The van der Waals surface area contributed by atoms with Gasteiger partial charge in [-0.1, -0.05) is 29.8 Å². The molecule has 1 fully saturated rings. The van der Waals surface area contributed by atoms with Crippen molar-refractivity contribution < 1.29 is 9.72 Å². The summed E-state index contributed by atoms with van der Waals surface area (Å²) in [5, 5.41) is 15.3. The third-order valence-electron chi connectivity index (χ3n) is 5.28. The predicted molar refractivity (Wildman–Crippen MR) is 106 cm³/mol. The minimum atomic E-state index is -0.413. The van der Waals surface area contributed by atoms with Crippen LogP contribution in [0.3, 0.4) is 0 Å². The largest absolute Gasteiger partial charge is 0.340 e. The molecule has 1 aliphatic rings. The maximum Gasteiger partial charge on any atom is 0.312 e. The van der Waals surface area contributed by atoms with Gasteiger partial charge in [-0.05, 0) is 26.3 Å². The van der Waals surface area contributed by atoms with E-state index in [9.17, 15) is 14.9 Å². The zero-order chi connectivity index (χ0) is 20.3. The Morgan fingerprint density at radius 2 is 1.89 bits per heavy atom. The average molecular weight is 385 g/mol. The number of hydrogen-bond donors (Lipinski definition) is 0. The number of nitrogens with zero attached hydrogens (tertiary/aromatic N) is 5. The van der Waals surface area contributed by atoms with Gasteiger partial charge in [-0.15, -0.1) is 0 Å². The molecule has 28 heavy (non-hydrogen) atoms. The van der Waals surface area contributed by atoms with Crippen molar-refractivity contribution in [2.45, 2.75) is 40.3 Å². The van der Waals surface area contributed by atoms with Crippen LogP contribution in [-0.4, -0.2) is 56.6 Å². The Hall–Kier alpha value is -2.74. The molecule has 0 unspecified atom stereocenters. The van der Waals surface area contributed by atoms with E-state index >= 15 is 0 Å². The lowest BCUT2D eigenvalue weighted by atomic mass is 10.1. The molecule has 1 aromatic carbocycles. The molecule has 3 rings (SSSR count). The minimum Gasteiger partial charge on any atom is -0.340 e. The zero-order valence-corrected chi connectivity index (χ0v) is 16.7. The molecule has 2 aromatic rings. The summed E-state index contributed by atoms with van der Waals surface area (Å²) in [6, 6.07) is 8.51. The Kier molecular flexibility index (Phi) is 6.08. The Morgan fingerprint density at radius 1 is 1.18 bits per heavy atom. The summed E-state index contributed by atoms with van der Waals surface area (Å²) < 4.78 is 1.57. The lowest BCUT2D eigenvalue weighted by Gasteiger charge is -2.35. The first-order valence-electron chi connectivity index (χ1n) is 9.59. The number of amides is 1. The van der Waals surface area contributed by atoms with Crippen molar-refractivity contribution in [1.82, 2.24) is 19.6 Å². The highest BCUT2D eigenvalue weighted by Crippen LogP contribution is 2.22. The fraction of sp³-hybridized carbons (Fsp3) is 0.500. The second kappa shape index (κ2) is 8.52. The molecular weight excluding hydrogens is 358 g/mol. The van der Waals surface area contributed by atoms with Crippen molar-refractivity contribution >= 4 is 11.6 Å². The first-order chi connectivity index (χ1) is 13.3. The molecule has 0 radical (unpaired) electrons. The molecule has 8 heteroatoms. The molecule has 1 amide bonds. The zero-order valence-electron chi connectivity index (χ0n) is 16.7. The summed E-state index contributed by atoms with van der Waals surface area (Å²) in [4.78, 5) is 27.5. The molecule has 0 aliphatic carbocycles. The Bertz CT molecular complexity index is 869. The van der Waals surface area contributed by atoms with Crippen molar-refractivity contribution in [2.24, 2.45) is 0 Å². The Labute approximate surface area is 164 Å². The molecule has 150 valence electrons. The summed E-state index contributed by atoms with van der Waals surface area (Å²) in [7, 11) is 0. The van der Waals surface area contributed by atoms with Crippen LogP contribution in [-0.2, 0) is 17.9 Å². The molecule has 0 atom stereocenters. The summed E-state index contributed by atoms with van der Waals surface area (Å²) in [5.41, 5.74) is 3.48. The number of carbonyl (C=O) groups is 1. The quantitative estimate of drug-likeness (QED) is 0.563. The molecular formula is C20H27N5O3. The van der Waals surface area contributed by atoms with Gasteiger partial charge in [0.1, 0.15) is 11.4 Å². The summed E-state index contributed by atoms with van der Waals surface area (Å²) >= 11 is 0. The van der Waals surface area contributed by atoms with Gasteiger partial charge >= 0.3 is 5.69 Å². The van der Waals surface area contributed by atoms with Gasteiger partial charge in [0.25, 0.3) is 0 Å². The summed E-state index contributed by atoms with van der Waals surface area (Å²) in [6.07, 6.45) is 0.303. The first kappa shape index (κ1) is 20.0. The number of aromatic nitrogens is 2. The summed E-state index contributed by atoms with van der Waals surface area (Å²) in [6.45, 7) is 9.78. The van der Waals surface area contributed by atoms with Crippen LogP contribution in [0.4, 0.5) is 5.69 Å². The number of nitro groups is 1.